The fraction of sp³-hybridized carbons (Fsp3) is 0.500. The van der Waals surface area contributed by atoms with Crippen LogP contribution in [0, 0.1) is 0 Å². The lowest BCUT2D eigenvalue weighted by atomic mass is 10.1. The van der Waals surface area contributed by atoms with Crippen molar-refractivity contribution in [1.82, 2.24) is 9.80 Å². The molecule has 0 aromatic heterocycles. The third kappa shape index (κ3) is 4.35. The van der Waals surface area contributed by atoms with Crippen LogP contribution >= 0.6 is 0 Å². The van der Waals surface area contributed by atoms with E-state index >= 15 is 0 Å². The standard InChI is InChI=1S/C16H22N2O5/c1-12-8-18(14(11-22-2)9-17(12)15(19)20)16(21)23-10-13-6-4-3-5-7-13/h3-7,12,14H,8-11H2,1-2H3,(H,19,20)/t12-,14-/m1/s1. The first-order valence-electron chi connectivity index (χ1n) is 7.48. The van der Waals surface area contributed by atoms with E-state index in [0.29, 0.717) is 0 Å². The monoisotopic (exact) mass is 322 g/mol. The van der Waals surface area contributed by atoms with Gasteiger partial charge in [0.2, 0.25) is 0 Å². The van der Waals surface area contributed by atoms with Gasteiger partial charge < -0.3 is 19.5 Å². The minimum absolute atomic E-state index is 0.187. The fourth-order valence-electron chi connectivity index (χ4n) is 2.67. The molecule has 2 atom stereocenters. The van der Waals surface area contributed by atoms with E-state index in [1.54, 1.807) is 11.8 Å². The Kier molecular flexibility index (Phi) is 5.81. The van der Waals surface area contributed by atoms with E-state index in [-0.39, 0.29) is 38.4 Å². The maximum Gasteiger partial charge on any atom is 0.410 e. The molecule has 1 saturated heterocycles. The van der Waals surface area contributed by atoms with Gasteiger partial charge in [0.25, 0.3) is 0 Å². The number of carbonyl (C=O) groups excluding carboxylic acids is 1. The molecule has 23 heavy (non-hydrogen) atoms. The van der Waals surface area contributed by atoms with Gasteiger partial charge in [0.1, 0.15) is 6.61 Å². The highest BCUT2D eigenvalue weighted by Gasteiger charge is 2.37. The molecule has 1 aliphatic rings. The molecule has 2 rings (SSSR count). The van der Waals surface area contributed by atoms with E-state index in [4.69, 9.17) is 9.47 Å². The quantitative estimate of drug-likeness (QED) is 0.917. The van der Waals surface area contributed by atoms with Crippen LogP contribution in [0.4, 0.5) is 9.59 Å². The lowest BCUT2D eigenvalue weighted by Gasteiger charge is -2.43. The minimum Gasteiger partial charge on any atom is -0.465 e. The number of rotatable bonds is 4. The Morgan fingerprint density at radius 3 is 2.52 bits per heavy atom. The molecule has 0 aliphatic carbocycles. The van der Waals surface area contributed by atoms with Crippen LogP contribution in [0.25, 0.3) is 0 Å². The van der Waals surface area contributed by atoms with Gasteiger partial charge in [-0.05, 0) is 12.5 Å². The number of hydrogen-bond acceptors (Lipinski definition) is 4. The topological polar surface area (TPSA) is 79.3 Å². The second-order valence-electron chi connectivity index (χ2n) is 5.59. The molecule has 2 amide bonds. The van der Waals surface area contributed by atoms with E-state index in [0.717, 1.165) is 5.56 Å². The average molecular weight is 322 g/mol. The minimum atomic E-state index is -0.990. The maximum atomic E-state index is 12.4. The van der Waals surface area contributed by atoms with E-state index < -0.39 is 12.2 Å². The van der Waals surface area contributed by atoms with Crippen molar-refractivity contribution in [2.45, 2.75) is 25.6 Å². The van der Waals surface area contributed by atoms with Crippen molar-refractivity contribution >= 4 is 12.2 Å². The summed E-state index contributed by atoms with van der Waals surface area (Å²) in [5, 5.41) is 9.22. The van der Waals surface area contributed by atoms with E-state index in [9.17, 15) is 14.7 Å². The number of methoxy groups -OCH3 is 1. The molecule has 1 aromatic rings. The average Bonchev–Trinajstić information content (AvgIpc) is 2.54. The normalized spacial score (nSPS) is 21.1. The zero-order valence-electron chi connectivity index (χ0n) is 13.3. The number of piperazine rings is 1. The fourth-order valence-corrected chi connectivity index (χ4v) is 2.67. The molecule has 7 nitrogen and oxygen atoms in total. The van der Waals surface area contributed by atoms with Gasteiger partial charge in [0.15, 0.2) is 0 Å². The highest BCUT2D eigenvalue weighted by Crippen LogP contribution is 2.17. The molecular formula is C16H22N2O5. The maximum absolute atomic E-state index is 12.4. The summed E-state index contributed by atoms with van der Waals surface area (Å²) < 4.78 is 10.5. The zero-order valence-corrected chi connectivity index (χ0v) is 13.3. The van der Waals surface area contributed by atoms with Gasteiger partial charge >= 0.3 is 12.2 Å². The van der Waals surface area contributed by atoms with E-state index in [1.807, 2.05) is 30.3 Å². The molecule has 1 heterocycles. The van der Waals surface area contributed by atoms with Crippen LogP contribution in [-0.4, -0.2) is 66.0 Å². The van der Waals surface area contributed by atoms with Crippen molar-refractivity contribution < 1.29 is 24.2 Å². The highest BCUT2D eigenvalue weighted by atomic mass is 16.6. The molecule has 126 valence electrons. The Bertz CT molecular complexity index is 537. The van der Waals surface area contributed by atoms with Crippen molar-refractivity contribution in [3.05, 3.63) is 35.9 Å². The van der Waals surface area contributed by atoms with Crippen LogP contribution < -0.4 is 0 Å². The first-order valence-corrected chi connectivity index (χ1v) is 7.48. The molecule has 1 aromatic carbocycles. The first-order chi connectivity index (χ1) is 11.0. The summed E-state index contributed by atoms with van der Waals surface area (Å²) in [5.74, 6) is 0. The largest absolute Gasteiger partial charge is 0.465 e. The summed E-state index contributed by atoms with van der Waals surface area (Å²) in [6.45, 7) is 2.72. The van der Waals surface area contributed by atoms with Gasteiger partial charge in [-0.3, -0.25) is 4.90 Å². The molecule has 1 N–H and O–H groups in total. The molecule has 0 saturated carbocycles. The lowest BCUT2D eigenvalue weighted by Crippen LogP contribution is -2.61. The number of ether oxygens (including phenoxy) is 2. The summed E-state index contributed by atoms with van der Waals surface area (Å²) in [6, 6.07) is 8.78. The van der Waals surface area contributed by atoms with E-state index in [2.05, 4.69) is 0 Å². The molecular weight excluding hydrogens is 300 g/mol. The number of carboxylic acid groups (broad SMARTS) is 1. The Hall–Kier alpha value is -2.28. The Balaban J connectivity index is 2.00. The van der Waals surface area contributed by atoms with Gasteiger partial charge in [0.05, 0.1) is 18.7 Å². The predicted molar refractivity (Wildman–Crippen MR) is 83.2 cm³/mol. The Morgan fingerprint density at radius 2 is 1.91 bits per heavy atom. The van der Waals surface area contributed by atoms with E-state index in [1.165, 1.54) is 12.0 Å². The van der Waals surface area contributed by atoms with Gasteiger partial charge in [-0.15, -0.1) is 0 Å². The van der Waals surface area contributed by atoms with Crippen LogP contribution in [-0.2, 0) is 16.1 Å². The number of benzene rings is 1. The molecule has 1 aliphatic heterocycles. The van der Waals surface area contributed by atoms with Crippen molar-refractivity contribution in [1.29, 1.82) is 0 Å². The molecule has 7 heteroatoms. The van der Waals surface area contributed by atoms with Gasteiger partial charge in [-0.2, -0.15) is 0 Å². The van der Waals surface area contributed by atoms with Crippen molar-refractivity contribution in [3.63, 3.8) is 0 Å². The third-order valence-corrected chi connectivity index (χ3v) is 3.89. The molecule has 0 spiro atoms. The Morgan fingerprint density at radius 1 is 1.22 bits per heavy atom. The smallest absolute Gasteiger partial charge is 0.410 e. The van der Waals surface area contributed by atoms with Gasteiger partial charge in [-0.1, -0.05) is 30.3 Å². The molecule has 0 radical (unpaired) electrons. The first kappa shape index (κ1) is 17.1. The summed E-state index contributed by atoms with van der Waals surface area (Å²) in [4.78, 5) is 26.5. The zero-order chi connectivity index (χ0) is 16.8. The van der Waals surface area contributed by atoms with Crippen LogP contribution in [0.15, 0.2) is 30.3 Å². The number of carbonyl (C=O) groups is 2. The van der Waals surface area contributed by atoms with Crippen LogP contribution in [0.1, 0.15) is 12.5 Å². The molecule has 0 bridgehead atoms. The number of amides is 2. The van der Waals surface area contributed by atoms with Crippen molar-refractivity contribution in [2.24, 2.45) is 0 Å². The van der Waals surface area contributed by atoms with Crippen LogP contribution in [0.2, 0.25) is 0 Å². The molecule has 0 unspecified atom stereocenters. The number of nitrogens with zero attached hydrogens (tertiary/aromatic N) is 2. The highest BCUT2D eigenvalue weighted by molar-refractivity contribution is 5.70. The number of hydrogen-bond donors (Lipinski definition) is 1. The predicted octanol–water partition coefficient (Wildman–Crippen LogP) is 2.02. The summed E-state index contributed by atoms with van der Waals surface area (Å²) in [5.41, 5.74) is 0.904. The summed E-state index contributed by atoms with van der Waals surface area (Å²) >= 11 is 0. The third-order valence-electron chi connectivity index (χ3n) is 3.89. The van der Waals surface area contributed by atoms with Crippen molar-refractivity contribution in [2.75, 3.05) is 26.8 Å². The second-order valence-corrected chi connectivity index (χ2v) is 5.59. The van der Waals surface area contributed by atoms with Crippen molar-refractivity contribution in [3.8, 4) is 0 Å². The van der Waals surface area contributed by atoms with Gasteiger partial charge in [-0.25, -0.2) is 9.59 Å². The van der Waals surface area contributed by atoms with Crippen LogP contribution in [0.5, 0.6) is 0 Å². The van der Waals surface area contributed by atoms with Gasteiger partial charge in [0, 0.05) is 20.2 Å². The Labute approximate surface area is 135 Å². The second kappa shape index (κ2) is 7.82. The summed E-state index contributed by atoms with van der Waals surface area (Å²) in [6.07, 6.45) is -1.44. The van der Waals surface area contributed by atoms with Crippen LogP contribution in [0.3, 0.4) is 0 Å². The summed E-state index contributed by atoms with van der Waals surface area (Å²) in [7, 11) is 1.52. The SMILES string of the molecule is COC[C@H]1CN(C(=O)O)[C@H](C)CN1C(=O)OCc1ccccc1. The molecule has 1 fully saturated rings. The lowest BCUT2D eigenvalue weighted by molar-refractivity contribution is -0.00102.